The van der Waals surface area contributed by atoms with Crippen LogP contribution in [0, 0.1) is 13.8 Å². The summed E-state index contributed by atoms with van der Waals surface area (Å²) in [7, 11) is 0. The molecule has 0 saturated heterocycles. The maximum atomic E-state index is 15.3. The van der Waals surface area contributed by atoms with Gasteiger partial charge in [0.05, 0.1) is 4.34 Å². The van der Waals surface area contributed by atoms with Crippen molar-refractivity contribution in [2.24, 2.45) is 0 Å². The summed E-state index contributed by atoms with van der Waals surface area (Å²) in [6.45, 7) is 2.76. The summed E-state index contributed by atoms with van der Waals surface area (Å²) in [5.41, 5.74) is -2.30. The lowest BCUT2D eigenvalue weighted by Crippen LogP contribution is -2.48. The topological polar surface area (TPSA) is 34.1 Å². The Bertz CT molecular complexity index is 1680. The molecule has 2 heterocycles. The van der Waals surface area contributed by atoms with Crippen molar-refractivity contribution in [2.75, 3.05) is 0 Å². The molecule has 0 bridgehead atoms. The summed E-state index contributed by atoms with van der Waals surface area (Å²) in [6.07, 6.45) is 7.87. The molecule has 6 rings (SSSR count). The van der Waals surface area contributed by atoms with E-state index in [1.54, 1.807) is 12.2 Å². The predicted octanol–water partition coefficient (Wildman–Crippen LogP) is 9.05. The van der Waals surface area contributed by atoms with Crippen LogP contribution in [0.25, 0.3) is 11.1 Å². The molecule has 208 valence electrons. The number of thiophene rings is 2. The number of carbonyl (C=O) groups excluding carboxylic acids is 2. The van der Waals surface area contributed by atoms with Crippen LogP contribution in [0.2, 0.25) is 4.34 Å². The second-order valence-electron chi connectivity index (χ2n) is 10.2. The highest BCUT2D eigenvalue weighted by Crippen LogP contribution is 2.66. The normalized spacial score (nSPS) is 24.8. The first kappa shape index (κ1) is 27.5. The average Bonchev–Trinajstić information content (AvgIpc) is 3.47. The van der Waals surface area contributed by atoms with Gasteiger partial charge in [0.25, 0.3) is 0 Å². The molecule has 1 atom stereocenters. The van der Waals surface area contributed by atoms with Crippen molar-refractivity contribution in [1.82, 2.24) is 0 Å². The van der Waals surface area contributed by atoms with Gasteiger partial charge in [0.2, 0.25) is 0 Å². The SMILES string of the molecule is Cc1sc(Cl)cc1C1=C(c2cc(C3C=CC4=C(C3)C(=O)C3=C(CCC=C3)C4=O)sc2C)C(F)(F)C(F)(F)C1(F)F. The lowest BCUT2D eigenvalue weighted by Gasteiger charge is -2.27. The van der Waals surface area contributed by atoms with Gasteiger partial charge in [-0.3, -0.25) is 9.59 Å². The lowest BCUT2D eigenvalue weighted by atomic mass is 9.75. The number of hydrogen-bond donors (Lipinski definition) is 0. The molecule has 0 aliphatic heterocycles. The molecule has 0 spiro atoms. The van der Waals surface area contributed by atoms with Crippen LogP contribution in [0.3, 0.4) is 0 Å². The van der Waals surface area contributed by atoms with Gasteiger partial charge in [0, 0.05) is 54.0 Å². The van der Waals surface area contributed by atoms with Gasteiger partial charge in [0.15, 0.2) is 11.6 Å². The highest BCUT2D eigenvalue weighted by atomic mass is 35.5. The largest absolute Gasteiger partial charge is 0.380 e. The van der Waals surface area contributed by atoms with Crippen molar-refractivity contribution in [2.45, 2.75) is 56.8 Å². The van der Waals surface area contributed by atoms with Crippen LogP contribution >= 0.6 is 34.3 Å². The number of allylic oxidation sites excluding steroid dienone is 10. The van der Waals surface area contributed by atoms with Crippen LogP contribution in [0.4, 0.5) is 26.3 Å². The van der Waals surface area contributed by atoms with Crippen LogP contribution in [0.1, 0.15) is 50.9 Å². The van der Waals surface area contributed by atoms with E-state index in [4.69, 9.17) is 11.6 Å². The van der Waals surface area contributed by atoms with Gasteiger partial charge in [-0.1, -0.05) is 35.9 Å². The molecule has 0 aromatic carbocycles. The van der Waals surface area contributed by atoms with Crippen molar-refractivity contribution in [3.8, 4) is 0 Å². The third-order valence-electron chi connectivity index (χ3n) is 7.85. The van der Waals surface area contributed by atoms with Crippen LogP contribution in [-0.4, -0.2) is 29.3 Å². The summed E-state index contributed by atoms with van der Waals surface area (Å²) in [4.78, 5) is 26.9. The Hall–Kier alpha value is -2.69. The molecule has 40 heavy (non-hydrogen) atoms. The second-order valence-corrected chi connectivity index (χ2v) is 13.3. The van der Waals surface area contributed by atoms with E-state index >= 15 is 17.6 Å². The van der Waals surface area contributed by atoms with E-state index < -0.39 is 46.0 Å². The molecule has 4 aliphatic carbocycles. The Morgan fingerprint density at radius 2 is 1.40 bits per heavy atom. The standard InChI is InChI=1S/C29H19ClF6O2S2/c1-12-18(23-24(19-11-22(30)40-13(19)2)28(33,34)29(35,36)27(23,31)32)10-21(39-12)14-7-8-17-20(9-14)26(38)16-6-4-3-5-15(16)25(17)37/h4,6-8,10-11,14H,3,5,9H2,1-2H3. The van der Waals surface area contributed by atoms with Crippen molar-refractivity contribution < 1.29 is 35.9 Å². The number of Topliss-reactive ketones (excluding diaryl/α,β-unsaturated/α-hetero) is 2. The number of halogens is 7. The minimum Gasteiger partial charge on any atom is -0.289 e. The van der Waals surface area contributed by atoms with E-state index in [0.29, 0.717) is 40.0 Å². The fraction of sp³-hybridized carbons (Fsp3) is 0.310. The van der Waals surface area contributed by atoms with Gasteiger partial charge < -0.3 is 0 Å². The molecular formula is C29H19ClF6O2S2. The number of hydrogen-bond acceptors (Lipinski definition) is 4. The molecule has 0 amide bonds. The maximum Gasteiger partial charge on any atom is 0.380 e. The summed E-state index contributed by atoms with van der Waals surface area (Å²) in [5.74, 6) is -17.0. The lowest BCUT2D eigenvalue weighted by molar-refractivity contribution is -0.254. The Kier molecular flexibility index (Phi) is 6.12. The number of aryl methyl sites for hydroxylation is 2. The third kappa shape index (κ3) is 3.61. The van der Waals surface area contributed by atoms with Gasteiger partial charge in [-0.15, -0.1) is 22.7 Å². The first-order valence-corrected chi connectivity index (χ1v) is 14.4. The highest BCUT2D eigenvalue weighted by molar-refractivity contribution is 7.16. The minimum atomic E-state index is -5.67. The number of carbonyl (C=O) groups is 2. The molecule has 0 fully saturated rings. The Labute approximate surface area is 238 Å². The van der Waals surface area contributed by atoms with Crippen LogP contribution < -0.4 is 0 Å². The molecule has 4 aliphatic rings. The van der Waals surface area contributed by atoms with Gasteiger partial charge in [-0.05, 0) is 56.4 Å². The van der Waals surface area contributed by atoms with Crippen molar-refractivity contribution in [1.29, 1.82) is 0 Å². The Balaban J connectivity index is 1.45. The van der Waals surface area contributed by atoms with Crippen molar-refractivity contribution in [3.05, 3.63) is 88.8 Å². The van der Waals surface area contributed by atoms with E-state index in [0.717, 1.165) is 28.7 Å². The second kappa shape index (κ2) is 8.90. The molecule has 2 nitrogen and oxygen atoms in total. The molecule has 0 radical (unpaired) electrons. The fourth-order valence-electron chi connectivity index (χ4n) is 5.83. The first-order valence-electron chi connectivity index (χ1n) is 12.3. The van der Waals surface area contributed by atoms with Crippen LogP contribution in [-0.2, 0) is 9.59 Å². The monoisotopic (exact) mass is 612 g/mol. The summed E-state index contributed by atoms with van der Waals surface area (Å²) in [5, 5.41) is 0. The average molecular weight is 613 g/mol. The van der Waals surface area contributed by atoms with Gasteiger partial charge in [0.1, 0.15) is 0 Å². The molecule has 11 heteroatoms. The Morgan fingerprint density at radius 1 is 0.825 bits per heavy atom. The van der Waals surface area contributed by atoms with Crippen LogP contribution in [0.5, 0.6) is 0 Å². The third-order valence-corrected chi connectivity index (χ3v) is 10.2. The molecule has 2 aromatic heterocycles. The Morgan fingerprint density at radius 3 is 2.02 bits per heavy atom. The summed E-state index contributed by atoms with van der Waals surface area (Å²) < 4.78 is 90.5. The van der Waals surface area contributed by atoms with Crippen molar-refractivity contribution in [3.63, 3.8) is 0 Å². The highest BCUT2D eigenvalue weighted by Gasteiger charge is 2.80. The van der Waals surface area contributed by atoms with Gasteiger partial charge >= 0.3 is 17.8 Å². The van der Waals surface area contributed by atoms with E-state index in [2.05, 4.69) is 0 Å². The fourth-order valence-corrected chi connectivity index (χ4v) is 8.15. The smallest absolute Gasteiger partial charge is 0.289 e. The zero-order valence-electron chi connectivity index (χ0n) is 20.9. The number of ketones is 2. The van der Waals surface area contributed by atoms with Crippen molar-refractivity contribution >= 4 is 57.0 Å². The minimum absolute atomic E-state index is 0.00520. The van der Waals surface area contributed by atoms with Crippen LogP contribution in [0.15, 0.2) is 58.7 Å². The van der Waals surface area contributed by atoms with Gasteiger partial charge in [-0.25, -0.2) is 0 Å². The zero-order chi connectivity index (χ0) is 28.9. The van der Waals surface area contributed by atoms with Gasteiger partial charge in [-0.2, -0.15) is 26.3 Å². The molecule has 1 unspecified atom stereocenters. The van der Waals surface area contributed by atoms with E-state index in [1.165, 1.54) is 26.0 Å². The summed E-state index contributed by atoms with van der Waals surface area (Å²) >= 11 is 7.77. The molecule has 0 N–H and O–H groups in total. The quantitative estimate of drug-likeness (QED) is 0.256. The molecule has 0 saturated carbocycles. The molecule has 2 aromatic rings. The number of rotatable bonds is 3. The van der Waals surface area contributed by atoms with E-state index in [-0.39, 0.29) is 32.1 Å². The number of alkyl halides is 6. The van der Waals surface area contributed by atoms with E-state index in [1.807, 2.05) is 6.08 Å². The first-order chi connectivity index (χ1) is 18.7. The summed E-state index contributed by atoms with van der Waals surface area (Å²) in [6, 6.07) is 2.24. The predicted molar refractivity (Wildman–Crippen MR) is 144 cm³/mol. The maximum absolute atomic E-state index is 15.3. The molecular weight excluding hydrogens is 594 g/mol. The van der Waals surface area contributed by atoms with E-state index in [9.17, 15) is 18.4 Å². The zero-order valence-corrected chi connectivity index (χ0v) is 23.3.